The van der Waals surface area contributed by atoms with Gasteiger partial charge in [0.25, 0.3) is 11.5 Å². The predicted octanol–water partition coefficient (Wildman–Crippen LogP) is 0.927. The molecule has 1 aromatic carbocycles. The van der Waals surface area contributed by atoms with Crippen LogP contribution < -0.4 is 5.56 Å². The van der Waals surface area contributed by atoms with Crippen LogP contribution in [0.3, 0.4) is 0 Å². The zero-order valence-electron chi connectivity index (χ0n) is 13.3. The van der Waals surface area contributed by atoms with Crippen LogP contribution in [0.4, 0.5) is 0 Å². The number of carbonyl (C=O) groups is 1. The van der Waals surface area contributed by atoms with Crippen molar-refractivity contribution >= 4 is 16.7 Å². The third-order valence-electron chi connectivity index (χ3n) is 4.17. The van der Waals surface area contributed by atoms with E-state index in [1.807, 2.05) is 0 Å². The Kier molecular flexibility index (Phi) is 3.95. The van der Waals surface area contributed by atoms with Gasteiger partial charge in [-0.1, -0.05) is 18.2 Å². The zero-order chi connectivity index (χ0) is 17.2. The van der Waals surface area contributed by atoms with Gasteiger partial charge in [-0.15, -0.1) is 0 Å². The summed E-state index contributed by atoms with van der Waals surface area (Å²) in [6.45, 7) is 1.20. The summed E-state index contributed by atoms with van der Waals surface area (Å²) < 4.78 is 5.71. The van der Waals surface area contributed by atoms with Crippen LogP contribution in [0.1, 0.15) is 22.3 Å². The molecule has 1 saturated heterocycles. The smallest absolute Gasteiger partial charge is 0.275 e. The van der Waals surface area contributed by atoms with E-state index in [1.54, 1.807) is 47.8 Å². The normalized spacial score (nSPS) is 17.6. The maximum atomic E-state index is 13.0. The SMILES string of the molecule is O=C(c1n[nH]c(=O)c2ccccc12)N1CCO[C@@H](c2cnccn2)C1. The van der Waals surface area contributed by atoms with Gasteiger partial charge in [0.05, 0.1) is 30.4 Å². The van der Waals surface area contributed by atoms with Gasteiger partial charge in [-0.05, 0) is 6.07 Å². The Balaban J connectivity index is 1.65. The molecule has 3 aromatic rings. The number of benzene rings is 1. The van der Waals surface area contributed by atoms with Gasteiger partial charge in [-0.3, -0.25) is 19.6 Å². The van der Waals surface area contributed by atoms with E-state index in [1.165, 1.54) is 0 Å². The topological polar surface area (TPSA) is 101 Å². The van der Waals surface area contributed by atoms with Crippen LogP contribution in [0.15, 0.2) is 47.7 Å². The highest BCUT2D eigenvalue weighted by atomic mass is 16.5. The van der Waals surface area contributed by atoms with Crippen LogP contribution in [-0.4, -0.2) is 50.7 Å². The van der Waals surface area contributed by atoms with Gasteiger partial charge in [0.1, 0.15) is 6.10 Å². The van der Waals surface area contributed by atoms with Crippen molar-refractivity contribution < 1.29 is 9.53 Å². The molecular weight excluding hydrogens is 322 g/mol. The number of hydrogen-bond acceptors (Lipinski definition) is 6. The number of nitrogens with one attached hydrogen (secondary N) is 1. The van der Waals surface area contributed by atoms with Crippen molar-refractivity contribution in [3.63, 3.8) is 0 Å². The highest BCUT2D eigenvalue weighted by Gasteiger charge is 2.28. The minimum atomic E-state index is -0.333. The average molecular weight is 337 g/mol. The first kappa shape index (κ1) is 15.4. The van der Waals surface area contributed by atoms with Gasteiger partial charge in [0.2, 0.25) is 0 Å². The molecule has 0 unspecified atom stereocenters. The van der Waals surface area contributed by atoms with Gasteiger partial charge in [-0.2, -0.15) is 5.10 Å². The second-order valence-electron chi connectivity index (χ2n) is 5.69. The lowest BCUT2D eigenvalue weighted by atomic mass is 10.1. The number of aromatic nitrogens is 4. The Morgan fingerprint density at radius 1 is 1.24 bits per heavy atom. The van der Waals surface area contributed by atoms with Gasteiger partial charge in [-0.25, -0.2) is 5.10 Å². The predicted molar refractivity (Wildman–Crippen MR) is 89.0 cm³/mol. The number of fused-ring (bicyclic) bond motifs is 1. The first-order valence-electron chi connectivity index (χ1n) is 7.88. The van der Waals surface area contributed by atoms with Gasteiger partial charge >= 0.3 is 0 Å². The summed E-state index contributed by atoms with van der Waals surface area (Å²) >= 11 is 0. The van der Waals surface area contributed by atoms with Gasteiger partial charge in [0, 0.05) is 24.3 Å². The summed E-state index contributed by atoms with van der Waals surface area (Å²) in [7, 11) is 0. The third-order valence-corrected chi connectivity index (χ3v) is 4.17. The van der Waals surface area contributed by atoms with E-state index in [9.17, 15) is 9.59 Å². The maximum absolute atomic E-state index is 13.0. The standard InChI is InChI=1S/C17H15N5O3/c23-16-12-4-2-1-3-11(12)15(20-21-16)17(24)22-7-8-25-14(10-22)13-9-18-5-6-19-13/h1-6,9,14H,7-8,10H2,(H,21,23)/t14-/m1/s1. The molecule has 1 aliphatic heterocycles. The Labute approximate surface area is 142 Å². The summed E-state index contributed by atoms with van der Waals surface area (Å²) in [5.41, 5.74) is 0.598. The first-order valence-corrected chi connectivity index (χ1v) is 7.88. The van der Waals surface area contributed by atoms with E-state index < -0.39 is 0 Å². The number of amides is 1. The molecule has 1 aliphatic rings. The van der Waals surface area contributed by atoms with Crippen LogP contribution in [0.5, 0.6) is 0 Å². The van der Waals surface area contributed by atoms with E-state index in [0.717, 1.165) is 0 Å². The number of hydrogen-bond donors (Lipinski definition) is 1. The Hall–Kier alpha value is -3.13. The van der Waals surface area contributed by atoms with Crippen LogP contribution in [0.2, 0.25) is 0 Å². The first-order chi connectivity index (χ1) is 12.2. The molecule has 0 spiro atoms. The summed E-state index contributed by atoms with van der Waals surface area (Å²) in [6, 6.07) is 6.94. The van der Waals surface area contributed by atoms with Crippen molar-refractivity contribution in [2.45, 2.75) is 6.10 Å². The Morgan fingerprint density at radius 2 is 2.08 bits per heavy atom. The molecule has 1 fully saturated rings. The maximum Gasteiger partial charge on any atom is 0.275 e. The van der Waals surface area contributed by atoms with E-state index >= 15 is 0 Å². The van der Waals surface area contributed by atoms with Crippen molar-refractivity contribution in [3.8, 4) is 0 Å². The minimum Gasteiger partial charge on any atom is -0.368 e. The molecule has 1 atom stereocenters. The number of rotatable bonds is 2. The van der Waals surface area contributed by atoms with Crippen molar-refractivity contribution in [3.05, 3.63) is 64.6 Å². The second kappa shape index (κ2) is 6.40. The Bertz CT molecular complexity index is 973. The van der Waals surface area contributed by atoms with Crippen LogP contribution in [0.25, 0.3) is 10.8 Å². The van der Waals surface area contributed by atoms with Crippen LogP contribution in [0, 0.1) is 0 Å². The highest BCUT2D eigenvalue weighted by molar-refractivity contribution is 6.04. The molecule has 0 aliphatic carbocycles. The monoisotopic (exact) mass is 337 g/mol. The third kappa shape index (κ3) is 2.87. The lowest BCUT2D eigenvalue weighted by Gasteiger charge is -2.32. The molecular formula is C17H15N5O3. The lowest BCUT2D eigenvalue weighted by molar-refractivity contribution is -0.0250. The molecule has 0 radical (unpaired) electrons. The molecule has 8 heteroatoms. The largest absolute Gasteiger partial charge is 0.368 e. The molecule has 126 valence electrons. The molecule has 4 rings (SSSR count). The molecule has 2 aromatic heterocycles. The summed E-state index contributed by atoms with van der Waals surface area (Å²) in [4.78, 5) is 34.8. The van der Waals surface area contributed by atoms with Crippen molar-refractivity contribution in [2.75, 3.05) is 19.7 Å². The summed E-state index contributed by atoms with van der Waals surface area (Å²) in [6.07, 6.45) is 4.48. The number of H-pyrrole nitrogens is 1. The summed E-state index contributed by atoms with van der Waals surface area (Å²) in [5, 5.41) is 7.37. The summed E-state index contributed by atoms with van der Waals surface area (Å²) in [5.74, 6) is -0.246. The molecule has 1 N–H and O–H groups in total. The average Bonchev–Trinajstić information content (AvgIpc) is 2.69. The van der Waals surface area contributed by atoms with Crippen LogP contribution in [-0.2, 0) is 4.74 Å². The van der Waals surface area contributed by atoms with E-state index in [0.29, 0.717) is 36.2 Å². The molecule has 0 saturated carbocycles. The molecule has 25 heavy (non-hydrogen) atoms. The fraction of sp³-hybridized carbons (Fsp3) is 0.235. The van der Waals surface area contributed by atoms with Crippen molar-refractivity contribution in [1.29, 1.82) is 0 Å². The Morgan fingerprint density at radius 3 is 2.88 bits per heavy atom. The van der Waals surface area contributed by atoms with Crippen LogP contribution >= 0.6 is 0 Å². The van der Waals surface area contributed by atoms with E-state index in [-0.39, 0.29) is 23.3 Å². The second-order valence-corrected chi connectivity index (χ2v) is 5.69. The molecule has 8 nitrogen and oxygen atoms in total. The molecule has 1 amide bonds. The lowest BCUT2D eigenvalue weighted by Crippen LogP contribution is -2.43. The molecule has 0 bridgehead atoms. The minimum absolute atomic E-state index is 0.231. The fourth-order valence-corrected chi connectivity index (χ4v) is 2.92. The number of ether oxygens (including phenoxy) is 1. The number of nitrogens with zero attached hydrogens (tertiary/aromatic N) is 4. The van der Waals surface area contributed by atoms with Crippen molar-refractivity contribution in [2.24, 2.45) is 0 Å². The highest BCUT2D eigenvalue weighted by Crippen LogP contribution is 2.22. The molecule has 3 heterocycles. The quantitative estimate of drug-likeness (QED) is 0.746. The van der Waals surface area contributed by atoms with E-state index in [4.69, 9.17) is 4.74 Å². The van der Waals surface area contributed by atoms with Gasteiger partial charge in [0.15, 0.2) is 5.69 Å². The number of carbonyl (C=O) groups excluding carboxylic acids is 1. The fourth-order valence-electron chi connectivity index (χ4n) is 2.92. The number of aromatic amines is 1. The van der Waals surface area contributed by atoms with E-state index in [2.05, 4.69) is 20.2 Å². The zero-order valence-corrected chi connectivity index (χ0v) is 13.3. The van der Waals surface area contributed by atoms with Gasteiger partial charge < -0.3 is 9.64 Å². The van der Waals surface area contributed by atoms with Crippen molar-refractivity contribution in [1.82, 2.24) is 25.1 Å². The number of morpholine rings is 1.